The van der Waals surface area contributed by atoms with Crippen molar-refractivity contribution in [2.24, 2.45) is 17.8 Å². The molecule has 27 heavy (non-hydrogen) atoms. The van der Waals surface area contributed by atoms with Crippen molar-refractivity contribution in [1.29, 1.82) is 0 Å². The fraction of sp³-hybridized carbons (Fsp3) is 0.720. The summed E-state index contributed by atoms with van der Waals surface area (Å²) in [7, 11) is 1.90. The molecule has 2 heteroatoms. The summed E-state index contributed by atoms with van der Waals surface area (Å²) in [4.78, 5) is 13.3. The zero-order valence-corrected chi connectivity index (χ0v) is 19.7. The minimum absolute atomic E-state index is 0.274. The summed E-state index contributed by atoms with van der Waals surface area (Å²) in [5, 5.41) is 0. The summed E-state index contributed by atoms with van der Waals surface area (Å²) >= 11 is 0. The van der Waals surface area contributed by atoms with Crippen molar-refractivity contribution < 1.29 is 4.79 Å². The SMILES string of the molecule is CC.CC(C)CCCc1ccccc1.CC(C)CCN(C)C(=O)CC(C)C. The molecule has 0 saturated heterocycles. The van der Waals surface area contributed by atoms with Crippen molar-refractivity contribution in [2.45, 2.75) is 87.5 Å². The van der Waals surface area contributed by atoms with E-state index in [-0.39, 0.29) is 5.91 Å². The zero-order chi connectivity index (χ0) is 21.2. The van der Waals surface area contributed by atoms with Gasteiger partial charge in [-0.25, -0.2) is 0 Å². The molecule has 1 aromatic carbocycles. The number of rotatable bonds is 9. The fourth-order valence-corrected chi connectivity index (χ4v) is 2.44. The number of carbonyl (C=O) groups excluding carboxylic acids is 1. The summed E-state index contributed by atoms with van der Waals surface area (Å²) in [6.45, 7) is 18.0. The largest absolute Gasteiger partial charge is 0.346 e. The highest BCUT2D eigenvalue weighted by molar-refractivity contribution is 5.75. The van der Waals surface area contributed by atoms with E-state index in [2.05, 4.69) is 71.9 Å². The van der Waals surface area contributed by atoms with Gasteiger partial charge in [0.05, 0.1) is 0 Å². The van der Waals surface area contributed by atoms with Gasteiger partial charge in [-0.05, 0) is 42.6 Å². The quantitative estimate of drug-likeness (QED) is 0.444. The minimum atomic E-state index is 0.274. The van der Waals surface area contributed by atoms with Gasteiger partial charge < -0.3 is 4.90 Å². The van der Waals surface area contributed by atoms with Crippen LogP contribution in [-0.4, -0.2) is 24.4 Å². The summed E-state index contributed by atoms with van der Waals surface area (Å²) in [5.74, 6) is 2.26. The van der Waals surface area contributed by atoms with Gasteiger partial charge in [0.1, 0.15) is 0 Å². The lowest BCUT2D eigenvalue weighted by Gasteiger charge is -2.19. The van der Waals surface area contributed by atoms with Crippen molar-refractivity contribution in [3.05, 3.63) is 35.9 Å². The molecule has 0 aliphatic rings. The van der Waals surface area contributed by atoms with Gasteiger partial charge in [0, 0.05) is 20.0 Å². The van der Waals surface area contributed by atoms with Crippen LogP contribution in [0, 0.1) is 17.8 Å². The van der Waals surface area contributed by atoms with Crippen LogP contribution in [0.1, 0.15) is 86.6 Å². The van der Waals surface area contributed by atoms with Crippen molar-refractivity contribution >= 4 is 5.91 Å². The Morgan fingerprint density at radius 1 is 0.852 bits per heavy atom. The number of hydrogen-bond acceptors (Lipinski definition) is 1. The van der Waals surface area contributed by atoms with Crippen molar-refractivity contribution in [3.8, 4) is 0 Å². The van der Waals surface area contributed by atoms with Crippen LogP contribution in [0.3, 0.4) is 0 Å². The molecule has 0 heterocycles. The van der Waals surface area contributed by atoms with Crippen LogP contribution in [-0.2, 0) is 11.2 Å². The van der Waals surface area contributed by atoms with Crippen LogP contribution in [0.2, 0.25) is 0 Å². The first kappa shape index (κ1) is 27.9. The van der Waals surface area contributed by atoms with Crippen LogP contribution >= 0.6 is 0 Å². The van der Waals surface area contributed by atoms with E-state index < -0.39 is 0 Å². The van der Waals surface area contributed by atoms with Gasteiger partial charge in [0.2, 0.25) is 5.91 Å². The second kappa shape index (κ2) is 18.1. The smallest absolute Gasteiger partial charge is 0.222 e. The molecule has 1 rings (SSSR count). The molecule has 1 aromatic rings. The molecule has 0 aliphatic heterocycles. The van der Waals surface area contributed by atoms with E-state index in [0.29, 0.717) is 18.3 Å². The maximum atomic E-state index is 11.5. The number of carbonyl (C=O) groups is 1. The molecule has 0 unspecified atom stereocenters. The van der Waals surface area contributed by atoms with Gasteiger partial charge in [-0.3, -0.25) is 4.79 Å². The maximum absolute atomic E-state index is 11.5. The molecule has 2 nitrogen and oxygen atoms in total. The average molecular weight is 378 g/mol. The van der Waals surface area contributed by atoms with E-state index in [4.69, 9.17) is 0 Å². The molecule has 1 amide bonds. The number of aryl methyl sites for hydroxylation is 1. The van der Waals surface area contributed by atoms with E-state index >= 15 is 0 Å². The highest BCUT2D eigenvalue weighted by Crippen LogP contribution is 2.09. The van der Waals surface area contributed by atoms with E-state index in [1.165, 1.54) is 24.8 Å². The molecule has 0 spiro atoms. The molecule has 0 fully saturated rings. The summed E-state index contributed by atoms with van der Waals surface area (Å²) in [6.07, 6.45) is 5.67. The minimum Gasteiger partial charge on any atom is -0.346 e. The molecule has 0 bridgehead atoms. The van der Waals surface area contributed by atoms with Crippen molar-refractivity contribution in [3.63, 3.8) is 0 Å². The Labute approximate surface area is 170 Å². The molecule has 158 valence electrons. The predicted octanol–water partition coefficient (Wildman–Crippen LogP) is 7.23. The Bertz CT molecular complexity index is 437. The van der Waals surface area contributed by atoms with Gasteiger partial charge >= 0.3 is 0 Å². The van der Waals surface area contributed by atoms with Crippen LogP contribution in [0.15, 0.2) is 30.3 Å². The van der Waals surface area contributed by atoms with Crippen LogP contribution in [0.5, 0.6) is 0 Å². The van der Waals surface area contributed by atoms with E-state index in [1.807, 2.05) is 25.8 Å². The zero-order valence-electron chi connectivity index (χ0n) is 19.7. The molecule has 0 aromatic heterocycles. The standard InChI is InChI=1S/C12H18.C11H23NO.C2H6/c1-11(2)7-6-10-12-8-4-3-5-9-12;1-9(2)6-7-12(5)11(13)8-10(3)4;1-2/h3-5,8-9,11H,6-7,10H2,1-2H3;9-10H,6-8H2,1-5H3;1-2H3. The first-order valence-corrected chi connectivity index (χ1v) is 11.0. The third-order valence-corrected chi connectivity index (χ3v) is 4.14. The fourth-order valence-electron chi connectivity index (χ4n) is 2.44. The normalized spacial score (nSPS) is 10.2. The molecule has 0 saturated carbocycles. The Morgan fingerprint density at radius 2 is 1.37 bits per heavy atom. The van der Waals surface area contributed by atoms with Crippen LogP contribution in [0.25, 0.3) is 0 Å². The monoisotopic (exact) mass is 377 g/mol. The lowest BCUT2D eigenvalue weighted by Crippen LogP contribution is -2.29. The highest BCUT2D eigenvalue weighted by atomic mass is 16.2. The van der Waals surface area contributed by atoms with Gasteiger partial charge in [-0.2, -0.15) is 0 Å². The van der Waals surface area contributed by atoms with Gasteiger partial charge in [-0.15, -0.1) is 0 Å². The lowest BCUT2D eigenvalue weighted by molar-refractivity contribution is -0.130. The topological polar surface area (TPSA) is 20.3 Å². The highest BCUT2D eigenvalue weighted by Gasteiger charge is 2.10. The maximum Gasteiger partial charge on any atom is 0.222 e. The first-order valence-electron chi connectivity index (χ1n) is 11.0. The van der Waals surface area contributed by atoms with E-state index in [0.717, 1.165) is 18.9 Å². The molecular formula is C25H47NO. The van der Waals surface area contributed by atoms with E-state index in [9.17, 15) is 4.79 Å². The first-order chi connectivity index (χ1) is 12.7. The van der Waals surface area contributed by atoms with Crippen LogP contribution < -0.4 is 0 Å². The Kier molecular flexibility index (Phi) is 18.7. The van der Waals surface area contributed by atoms with Gasteiger partial charge in [0.15, 0.2) is 0 Å². The molecule has 0 aliphatic carbocycles. The molecule has 0 radical (unpaired) electrons. The second-order valence-corrected chi connectivity index (χ2v) is 8.37. The average Bonchev–Trinajstić information content (AvgIpc) is 2.62. The van der Waals surface area contributed by atoms with E-state index in [1.54, 1.807) is 0 Å². The van der Waals surface area contributed by atoms with Gasteiger partial charge in [-0.1, -0.05) is 92.1 Å². The Morgan fingerprint density at radius 3 is 1.81 bits per heavy atom. The lowest BCUT2D eigenvalue weighted by atomic mass is 10.0. The Balaban J connectivity index is 0. The number of hydrogen-bond donors (Lipinski definition) is 0. The number of benzene rings is 1. The number of nitrogens with zero attached hydrogens (tertiary/aromatic N) is 1. The summed E-state index contributed by atoms with van der Waals surface area (Å²) < 4.78 is 0. The third kappa shape index (κ3) is 19.3. The third-order valence-electron chi connectivity index (χ3n) is 4.14. The predicted molar refractivity (Wildman–Crippen MR) is 122 cm³/mol. The Hall–Kier alpha value is -1.31. The molecular weight excluding hydrogens is 330 g/mol. The van der Waals surface area contributed by atoms with Gasteiger partial charge in [0.25, 0.3) is 0 Å². The number of amides is 1. The molecule has 0 atom stereocenters. The second-order valence-electron chi connectivity index (χ2n) is 8.37. The summed E-state index contributed by atoms with van der Waals surface area (Å²) in [5.41, 5.74) is 1.47. The van der Waals surface area contributed by atoms with Crippen LogP contribution in [0.4, 0.5) is 0 Å². The van der Waals surface area contributed by atoms with Crippen molar-refractivity contribution in [2.75, 3.05) is 13.6 Å². The summed E-state index contributed by atoms with van der Waals surface area (Å²) in [6, 6.07) is 10.7. The molecule has 0 N–H and O–H groups in total. The van der Waals surface area contributed by atoms with Crippen molar-refractivity contribution in [1.82, 2.24) is 4.90 Å².